The lowest BCUT2D eigenvalue weighted by atomic mass is 10.1. The Bertz CT molecular complexity index is 469. The fourth-order valence-corrected chi connectivity index (χ4v) is 5.73. The summed E-state index contributed by atoms with van der Waals surface area (Å²) in [7, 11) is 5.98. The van der Waals surface area contributed by atoms with E-state index in [9.17, 15) is 4.79 Å². The van der Waals surface area contributed by atoms with Crippen LogP contribution in [0, 0.1) is 0 Å². The number of pyridine rings is 1. The number of nitrogens with zero attached hydrogens (tertiary/aromatic N) is 2. The van der Waals surface area contributed by atoms with E-state index in [-0.39, 0.29) is 5.91 Å². The molecule has 0 radical (unpaired) electrons. The second kappa shape index (κ2) is 7.38. The predicted octanol–water partition coefficient (Wildman–Crippen LogP) is 3.16. The SMILES string of the molecule is CCCN1CCCc2ccnc(P(P)PP)c2C1=O. The smallest absolute Gasteiger partial charge is 0.256 e. The normalized spacial score (nSPS) is 17.6. The molecule has 0 aromatic carbocycles. The number of hydrogen-bond donors (Lipinski definition) is 0. The molecule has 7 heteroatoms. The molecule has 19 heavy (non-hydrogen) atoms. The van der Waals surface area contributed by atoms with E-state index in [0.717, 1.165) is 51.3 Å². The minimum atomic E-state index is -0.406. The summed E-state index contributed by atoms with van der Waals surface area (Å²) in [5.74, 6) is 0.190. The Morgan fingerprint density at radius 3 is 3.05 bits per heavy atom. The molecule has 0 saturated carbocycles. The van der Waals surface area contributed by atoms with Crippen LogP contribution < -0.4 is 5.44 Å². The minimum Gasteiger partial charge on any atom is -0.339 e. The van der Waals surface area contributed by atoms with E-state index in [4.69, 9.17) is 0 Å². The van der Waals surface area contributed by atoms with Crippen LogP contribution in [0.15, 0.2) is 12.3 Å². The van der Waals surface area contributed by atoms with Crippen molar-refractivity contribution in [1.29, 1.82) is 0 Å². The number of fused-ring (bicyclic) bond motifs is 1. The molecule has 0 saturated heterocycles. The fraction of sp³-hybridized carbons (Fsp3) is 0.500. The Morgan fingerprint density at radius 2 is 2.37 bits per heavy atom. The van der Waals surface area contributed by atoms with Crippen LogP contribution in [0.3, 0.4) is 0 Å². The first-order valence-corrected chi connectivity index (χ1v) is 13.1. The van der Waals surface area contributed by atoms with Gasteiger partial charge in [0.1, 0.15) is 0 Å². The van der Waals surface area contributed by atoms with Gasteiger partial charge in [-0.05, 0) is 38.2 Å². The number of rotatable bonds is 4. The summed E-state index contributed by atoms with van der Waals surface area (Å²) in [6, 6.07) is 2.02. The fourth-order valence-electron chi connectivity index (χ4n) is 2.38. The van der Waals surface area contributed by atoms with Crippen LogP contribution in [0.4, 0.5) is 0 Å². The van der Waals surface area contributed by atoms with Crippen LogP contribution >= 0.6 is 33.1 Å². The minimum absolute atomic E-state index is 0.190. The molecule has 2 heterocycles. The molecule has 104 valence electrons. The maximum absolute atomic E-state index is 12.8. The Labute approximate surface area is 122 Å². The van der Waals surface area contributed by atoms with E-state index >= 15 is 0 Å². The van der Waals surface area contributed by atoms with Gasteiger partial charge in [0.15, 0.2) is 0 Å². The monoisotopic (exact) mass is 332 g/mol. The Kier molecular flexibility index (Phi) is 6.11. The maximum atomic E-state index is 12.8. The molecule has 1 aliphatic rings. The van der Waals surface area contributed by atoms with E-state index in [1.807, 2.05) is 17.2 Å². The molecule has 2 rings (SSSR count). The van der Waals surface area contributed by atoms with E-state index in [2.05, 4.69) is 29.8 Å². The van der Waals surface area contributed by atoms with Gasteiger partial charge in [-0.3, -0.25) is 9.78 Å². The van der Waals surface area contributed by atoms with Gasteiger partial charge < -0.3 is 4.90 Å². The summed E-state index contributed by atoms with van der Waals surface area (Å²) in [6.45, 7) is 3.85. The molecule has 1 aliphatic heterocycles. The number of aryl methyl sites for hydroxylation is 1. The summed E-state index contributed by atoms with van der Waals surface area (Å²) in [5.41, 5.74) is 3.09. The molecule has 1 aromatic rings. The molecule has 1 amide bonds. The molecule has 0 bridgehead atoms. The Morgan fingerprint density at radius 1 is 1.58 bits per heavy atom. The third-order valence-corrected chi connectivity index (χ3v) is 13.1. The molecular weight excluding hydrogens is 312 g/mol. The van der Waals surface area contributed by atoms with Crippen molar-refractivity contribution in [2.75, 3.05) is 13.1 Å². The van der Waals surface area contributed by atoms with E-state index in [1.54, 1.807) is 0 Å². The van der Waals surface area contributed by atoms with E-state index < -0.39 is 7.30 Å². The quantitative estimate of drug-likeness (QED) is 0.794. The van der Waals surface area contributed by atoms with Gasteiger partial charge in [0, 0.05) is 19.3 Å². The van der Waals surface area contributed by atoms with Gasteiger partial charge >= 0.3 is 0 Å². The highest BCUT2D eigenvalue weighted by Crippen LogP contribution is 2.64. The zero-order valence-corrected chi connectivity index (χ0v) is 15.3. The van der Waals surface area contributed by atoms with E-state index in [1.165, 1.54) is 5.56 Å². The average molecular weight is 332 g/mol. The van der Waals surface area contributed by atoms with Crippen molar-refractivity contribution in [3.05, 3.63) is 23.4 Å². The lowest BCUT2D eigenvalue weighted by Crippen LogP contribution is -2.34. The first-order chi connectivity index (χ1) is 9.19. The van der Waals surface area contributed by atoms with Crippen LogP contribution in [-0.2, 0) is 6.42 Å². The van der Waals surface area contributed by atoms with Crippen LogP contribution in [0.5, 0.6) is 0 Å². The molecule has 4 atom stereocenters. The number of amides is 1. The summed E-state index contributed by atoms with van der Waals surface area (Å²) in [5, 5.41) is 0. The Balaban J connectivity index is 2.45. The van der Waals surface area contributed by atoms with Gasteiger partial charge in [-0.1, -0.05) is 14.9 Å². The van der Waals surface area contributed by atoms with Gasteiger partial charge in [0.05, 0.1) is 11.0 Å². The predicted molar refractivity (Wildman–Crippen MR) is 93.0 cm³/mol. The number of aromatic nitrogens is 1. The van der Waals surface area contributed by atoms with E-state index in [0.29, 0.717) is 0 Å². The molecule has 4 unspecified atom stereocenters. The van der Waals surface area contributed by atoms with Crippen molar-refractivity contribution in [2.45, 2.75) is 26.2 Å². The molecule has 1 aromatic heterocycles. The summed E-state index contributed by atoms with van der Waals surface area (Å²) in [6.07, 6.45) is 4.92. The zero-order chi connectivity index (χ0) is 13.8. The van der Waals surface area contributed by atoms with Gasteiger partial charge in [-0.15, -0.1) is 17.9 Å². The molecule has 0 spiro atoms. The van der Waals surface area contributed by atoms with Gasteiger partial charge in [0.2, 0.25) is 0 Å². The number of carbonyl (C=O) groups is 1. The standard InChI is InChI=1S/C12H20N2OP4/c1-2-7-14-8-3-4-9-5-6-13-11(19(17)18-16)10(9)12(14)15/h5-6,18H,2-4,7-8,16-17H2,1H3. The highest BCUT2D eigenvalue weighted by Gasteiger charge is 2.26. The maximum Gasteiger partial charge on any atom is 0.256 e. The summed E-state index contributed by atoms with van der Waals surface area (Å²) >= 11 is 0. The zero-order valence-electron chi connectivity index (χ0n) is 11.1. The first kappa shape index (κ1) is 15.7. The second-order valence-electron chi connectivity index (χ2n) is 4.56. The largest absolute Gasteiger partial charge is 0.339 e. The van der Waals surface area contributed by atoms with Crippen molar-refractivity contribution >= 4 is 44.5 Å². The average Bonchev–Trinajstić information content (AvgIpc) is 2.59. The van der Waals surface area contributed by atoms with Crippen molar-refractivity contribution in [2.24, 2.45) is 0 Å². The third-order valence-electron chi connectivity index (χ3n) is 3.25. The molecule has 3 nitrogen and oxygen atoms in total. The molecule has 0 N–H and O–H groups in total. The van der Waals surface area contributed by atoms with Crippen LogP contribution in [-0.4, -0.2) is 28.9 Å². The van der Waals surface area contributed by atoms with Crippen molar-refractivity contribution in [3.8, 4) is 0 Å². The van der Waals surface area contributed by atoms with Gasteiger partial charge in [-0.2, -0.15) is 0 Å². The first-order valence-electron chi connectivity index (χ1n) is 6.47. The van der Waals surface area contributed by atoms with Crippen molar-refractivity contribution in [3.63, 3.8) is 0 Å². The van der Waals surface area contributed by atoms with Crippen LogP contribution in [0.2, 0.25) is 0 Å². The van der Waals surface area contributed by atoms with Crippen molar-refractivity contribution < 1.29 is 4.79 Å². The van der Waals surface area contributed by atoms with Crippen molar-refractivity contribution in [1.82, 2.24) is 9.88 Å². The summed E-state index contributed by atoms with van der Waals surface area (Å²) < 4.78 is 0. The van der Waals surface area contributed by atoms with Gasteiger partial charge in [0.25, 0.3) is 5.91 Å². The lowest BCUT2D eigenvalue weighted by molar-refractivity contribution is 0.0762. The van der Waals surface area contributed by atoms with Crippen LogP contribution in [0.25, 0.3) is 0 Å². The Hall–Kier alpha value is 0.340. The second-order valence-corrected chi connectivity index (χ2v) is 13.6. The third kappa shape index (κ3) is 3.51. The lowest BCUT2D eigenvalue weighted by Gasteiger charge is -2.22. The molecule has 0 fully saturated rings. The van der Waals surface area contributed by atoms with Crippen LogP contribution in [0.1, 0.15) is 35.7 Å². The topological polar surface area (TPSA) is 33.2 Å². The highest BCUT2D eigenvalue weighted by atomic mass is 32.6. The highest BCUT2D eigenvalue weighted by molar-refractivity contribution is 8.63. The molecule has 0 aliphatic carbocycles. The summed E-state index contributed by atoms with van der Waals surface area (Å²) in [4.78, 5) is 19.3. The number of hydrogen-bond acceptors (Lipinski definition) is 2. The molecular formula is C12H20N2OP4. The van der Waals surface area contributed by atoms with Gasteiger partial charge in [-0.25, -0.2) is 0 Å². The number of carbonyl (C=O) groups excluding carboxylic acids is 1.